The van der Waals surface area contributed by atoms with Gasteiger partial charge in [-0.15, -0.1) is 0 Å². The number of hydrogen-bond donors (Lipinski definition) is 1. The molecule has 0 saturated carbocycles. The molecule has 4 aromatic rings. The topological polar surface area (TPSA) is 92.7 Å². The second-order valence-corrected chi connectivity index (χ2v) is 13.5. The highest BCUT2D eigenvalue weighted by atomic mass is 19.1. The molecule has 0 radical (unpaired) electrons. The number of pyridine rings is 1. The summed E-state index contributed by atoms with van der Waals surface area (Å²) in [5, 5.41) is 5.15. The molecule has 1 N–H and O–H groups in total. The Morgan fingerprint density at radius 1 is 1.15 bits per heavy atom. The van der Waals surface area contributed by atoms with Crippen LogP contribution in [0.25, 0.3) is 32.9 Å². The fourth-order valence-electron chi connectivity index (χ4n) is 7.96. The molecule has 7 heterocycles. The number of alkyl halides is 1. The van der Waals surface area contributed by atoms with Crippen molar-refractivity contribution in [1.29, 1.82) is 0 Å². The van der Waals surface area contributed by atoms with E-state index in [0.717, 1.165) is 43.0 Å². The standard InChI is InChI=1S/C36H36F2N6O3/c1-35-13-6-15-43(21-35)32-27-19-39-30(26-12-5-11-24-10-4-9-23(28(24)26)8-2-3-17-46-34(45)42-35)29(38)31(27)40-33(41-32)47-22-36-14-7-16-44(36)20-25(37)18-36/h4-5,9-12,19,25H,3,6-7,13-18,20-22H2,1H3,(H,42,45)/t25-,35-,36+/m1/s1. The van der Waals surface area contributed by atoms with Crippen LogP contribution in [0, 0.1) is 17.7 Å². The van der Waals surface area contributed by atoms with Crippen molar-refractivity contribution in [2.45, 2.75) is 62.7 Å². The van der Waals surface area contributed by atoms with E-state index in [0.29, 0.717) is 54.8 Å². The van der Waals surface area contributed by atoms with Crippen LogP contribution < -0.4 is 15.0 Å². The molecule has 1 amide bonds. The first-order valence-corrected chi connectivity index (χ1v) is 16.4. The molecule has 47 heavy (non-hydrogen) atoms. The first-order chi connectivity index (χ1) is 22.8. The number of carbonyl (C=O) groups excluding carboxylic acids is 1. The summed E-state index contributed by atoms with van der Waals surface area (Å²) in [6, 6.07) is 11.5. The number of fused-ring (bicyclic) bond motifs is 7. The molecule has 5 aliphatic rings. The zero-order valence-corrected chi connectivity index (χ0v) is 26.3. The third kappa shape index (κ3) is 5.38. The van der Waals surface area contributed by atoms with E-state index in [9.17, 15) is 9.18 Å². The highest BCUT2D eigenvalue weighted by Gasteiger charge is 2.49. The molecule has 0 aliphatic carbocycles. The van der Waals surface area contributed by atoms with Gasteiger partial charge < -0.3 is 19.7 Å². The van der Waals surface area contributed by atoms with Crippen LogP contribution in [0.3, 0.4) is 0 Å². The fourth-order valence-corrected chi connectivity index (χ4v) is 7.96. The van der Waals surface area contributed by atoms with Crippen LogP contribution in [-0.2, 0) is 4.74 Å². The molecule has 9 nitrogen and oxygen atoms in total. The Bertz CT molecular complexity index is 1960. The summed E-state index contributed by atoms with van der Waals surface area (Å²) in [5.41, 5.74) is 0.510. The van der Waals surface area contributed by atoms with E-state index in [1.54, 1.807) is 6.20 Å². The molecular weight excluding hydrogens is 602 g/mol. The highest BCUT2D eigenvalue weighted by Crippen LogP contribution is 2.41. The summed E-state index contributed by atoms with van der Waals surface area (Å²) in [7, 11) is 0. The quantitative estimate of drug-likeness (QED) is 0.283. The third-order valence-electron chi connectivity index (χ3n) is 10.1. The summed E-state index contributed by atoms with van der Waals surface area (Å²) in [4.78, 5) is 31.2. The average Bonchev–Trinajstić information content (AvgIpc) is 3.58. The zero-order valence-electron chi connectivity index (χ0n) is 26.3. The predicted octanol–water partition coefficient (Wildman–Crippen LogP) is 5.78. The molecule has 5 aliphatic heterocycles. The Kier molecular flexibility index (Phi) is 7.36. The second-order valence-electron chi connectivity index (χ2n) is 13.5. The van der Waals surface area contributed by atoms with Crippen molar-refractivity contribution in [2.24, 2.45) is 0 Å². The van der Waals surface area contributed by atoms with E-state index in [-0.39, 0.29) is 30.4 Å². The van der Waals surface area contributed by atoms with E-state index >= 15 is 4.39 Å². The van der Waals surface area contributed by atoms with Crippen molar-refractivity contribution in [3.63, 3.8) is 0 Å². The minimum absolute atomic E-state index is 0.0330. The minimum atomic E-state index is -0.904. The number of rotatable bonds is 3. The van der Waals surface area contributed by atoms with Crippen LogP contribution in [0.15, 0.2) is 42.6 Å². The molecule has 3 saturated heterocycles. The third-order valence-corrected chi connectivity index (χ3v) is 10.1. The van der Waals surface area contributed by atoms with E-state index in [4.69, 9.17) is 14.5 Å². The maximum Gasteiger partial charge on any atom is 0.407 e. The second kappa shape index (κ2) is 11.6. The molecule has 6 bridgehead atoms. The van der Waals surface area contributed by atoms with Crippen LogP contribution in [-0.4, -0.2) is 82.6 Å². The summed E-state index contributed by atoms with van der Waals surface area (Å²) < 4.78 is 43.3. The van der Waals surface area contributed by atoms with Gasteiger partial charge >= 0.3 is 12.1 Å². The van der Waals surface area contributed by atoms with E-state index in [1.165, 1.54) is 0 Å². The van der Waals surface area contributed by atoms with Gasteiger partial charge in [0, 0.05) is 55.2 Å². The Morgan fingerprint density at radius 3 is 2.89 bits per heavy atom. The number of nitrogens with zero attached hydrogens (tertiary/aromatic N) is 5. The van der Waals surface area contributed by atoms with E-state index in [1.807, 2.05) is 48.2 Å². The molecule has 9 rings (SSSR count). The van der Waals surface area contributed by atoms with Gasteiger partial charge in [-0.3, -0.25) is 9.88 Å². The number of benzene rings is 2. The number of carbonyl (C=O) groups is 1. The number of anilines is 1. The fraction of sp³-hybridized carbons (Fsp3) is 0.444. The lowest BCUT2D eigenvalue weighted by Gasteiger charge is -2.41. The largest absolute Gasteiger partial charge is 0.461 e. The van der Waals surface area contributed by atoms with Crippen molar-refractivity contribution >= 4 is 33.6 Å². The van der Waals surface area contributed by atoms with Crippen LogP contribution >= 0.6 is 0 Å². The zero-order chi connectivity index (χ0) is 32.2. The Labute approximate surface area is 271 Å². The Morgan fingerprint density at radius 2 is 2.00 bits per heavy atom. The van der Waals surface area contributed by atoms with Crippen LogP contribution in [0.2, 0.25) is 0 Å². The van der Waals surface area contributed by atoms with Crippen molar-refractivity contribution in [2.75, 3.05) is 44.3 Å². The van der Waals surface area contributed by atoms with Gasteiger partial charge in [0.25, 0.3) is 0 Å². The monoisotopic (exact) mass is 638 g/mol. The number of piperidine rings is 1. The summed E-state index contributed by atoms with van der Waals surface area (Å²) in [6.45, 7) is 4.59. The SMILES string of the molecule is C[C@@]12CCCN(C1)c1nc(OC[C@@]34CCCN3C[C@H](F)C4)nc3c(F)c(ncc13)-c1cccc3cccc(c13)C#CCCOC(=O)N2. The van der Waals surface area contributed by atoms with Crippen molar-refractivity contribution in [3.05, 3.63) is 54.0 Å². The van der Waals surface area contributed by atoms with Gasteiger partial charge in [-0.2, -0.15) is 9.97 Å². The van der Waals surface area contributed by atoms with Crippen molar-refractivity contribution < 1.29 is 23.0 Å². The van der Waals surface area contributed by atoms with Gasteiger partial charge in [-0.05, 0) is 50.6 Å². The van der Waals surface area contributed by atoms with Crippen LogP contribution in [0.5, 0.6) is 6.01 Å². The molecule has 242 valence electrons. The van der Waals surface area contributed by atoms with Crippen LogP contribution in [0.4, 0.5) is 19.4 Å². The van der Waals surface area contributed by atoms with Crippen molar-refractivity contribution in [1.82, 2.24) is 25.2 Å². The average molecular weight is 639 g/mol. The summed E-state index contributed by atoms with van der Waals surface area (Å²) in [6.07, 6.45) is 4.24. The lowest BCUT2D eigenvalue weighted by molar-refractivity contribution is 0.107. The lowest BCUT2D eigenvalue weighted by atomic mass is 9.91. The van der Waals surface area contributed by atoms with E-state index < -0.39 is 29.2 Å². The molecule has 2 aromatic carbocycles. The summed E-state index contributed by atoms with van der Waals surface area (Å²) in [5.74, 6) is 6.21. The first kappa shape index (κ1) is 29.8. The van der Waals surface area contributed by atoms with Crippen LogP contribution in [0.1, 0.15) is 51.0 Å². The molecular formula is C36H36F2N6O3. The molecule has 0 unspecified atom stereocenters. The van der Waals surface area contributed by atoms with E-state index in [2.05, 4.69) is 32.0 Å². The maximum atomic E-state index is 16.9. The van der Waals surface area contributed by atoms with Gasteiger partial charge in [0.1, 0.15) is 36.4 Å². The molecule has 3 fully saturated rings. The minimum Gasteiger partial charge on any atom is -0.461 e. The van der Waals surface area contributed by atoms with Gasteiger partial charge in [0.15, 0.2) is 5.82 Å². The van der Waals surface area contributed by atoms with Crippen molar-refractivity contribution in [3.8, 4) is 29.1 Å². The van der Waals surface area contributed by atoms with Gasteiger partial charge in [-0.25, -0.2) is 13.6 Å². The number of ether oxygens (including phenoxy) is 2. The molecule has 11 heteroatoms. The predicted molar refractivity (Wildman–Crippen MR) is 175 cm³/mol. The number of nitrogens with one attached hydrogen (secondary N) is 1. The number of alkyl carbamates (subject to hydrolysis) is 1. The summed E-state index contributed by atoms with van der Waals surface area (Å²) >= 11 is 0. The first-order valence-electron chi connectivity index (χ1n) is 16.4. The molecule has 0 spiro atoms. The normalized spacial score (nSPS) is 26.0. The number of hydrogen-bond acceptors (Lipinski definition) is 8. The van der Waals surface area contributed by atoms with Gasteiger partial charge in [0.05, 0.1) is 16.5 Å². The number of amides is 1. The smallest absolute Gasteiger partial charge is 0.407 e. The highest BCUT2D eigenvalue weighted by molar-refractivity contribution is 6.02. The Hall–Kier alpha value is -4.56. The lowest BCUT2D eigenvalue weighted by Crippen LogP contribution is -2.57. The number of halogens is 2. The number of aromatic nitrogens is 3. The maximum absolute atomic E-state index is 16.9. The molecule has 3 atom stereocenters. The van der Waals surface area contributed by atoms with Gasteiger partial charge in [0.2, 0.25) is 0 Å². The Balaban J connectivity index is 1.30. The van der Waals surface area contributed by atoms with Gasteiger partial charge in [-0.1, -0.05) is 42.2 Å². The molecule has 2 aromatic heterocycles.